The normalized spacial score (nSPS) is 12.8. The van der Waals surface area contributed by atoms with E-state index in [1.54, 1.807) is 0 Å². The van der Waals surface area contributed by atoms with Gasteiger partial charge in [0.25, 0.3) is 0 Å². The molecule has 0 bridgehead atoms. The Labute approximate surface area is 134 Å². The van der Waals surface area contributed by atoms with E-state index in [9.17, 15) is 5.11 Å². The van der Waals surface area contributed by atoms with Crippen molar-refractivity contribution in [1.29, 1.82) is 0 Å². The predicted molar refractivity (Wildman–Crippen MR) is 92.5 cm³/mol. The molecule has 0 radical (unpaired) electrons. The van der Waals surface area contributed by atoms with Gasteiger partial charge in [-0.05, 0) is 23.5 Å². The van der Waals surface area contributed by atoms with Crippen LogP contribution in [0.3, 0.4) is 0 Å². The minimum Gasteiger partial charge on any atom is -0.392 e. The van der Waals surface area contributed by atoms with Gasteiger partial charge in [-0.15, -0.1) is 0 Å². The summed E-state index contributed by atoms with van der Waals surface area (Å²) < 4.78 is 0. The van der Waals surface area contributed by atoms with Crippen molar-refractivity contribution in [3.8, 4) is 0 Å². The number of aliphatic hydroxyl groups excluding tert-OH is 1. The molecular weight excluding hydrogens is 270 g/mol. The van der Waals surface area contributed by atoms with Crippen LogP contribution in [0.4, 0.5) is 0 Å². The molecule has 0 amide bonds. The highest BCUT2D eigenvalue weighted by Gasteiger charge is 2.14. The van der Waals surface area contributed by atoms with E-state index in [-0.39, 0.29) is 6.10 Å². The molecule has 0 aromatic heterocycles. The molecule has 2 nitrogen and oxygen atoms in total. The van der Waals surface area contributed by atoms with E-state index in [2.05, 4.69) is 67.3 Å². The topological polar surface area (TPSA) is 23.5 Å². The SMILES string of the molecule is CC(C)C[C@@H](O)CN(Cc1ccccc1)Cc1ccccc1. The molecular formula is C20H27NO. The van der Waals surface area contributed by atoms with Crippen LogP contribution >= 0.6 is 0 Å². The summed E-state index contributed by atoms with van der Waals surface area (Å²) in [7, 11) is 0. The Kier molecular flexibility index (Phi) is 6.63. The monoisotopic (exact) mass is 297 g/mol. The van der Waals surface area contributed by atoms with Gasteiger partial charge in [-0.1, -0.05) is 74.5 Å². The van der Waals surface area contributed by atoms with E-state index in [0.29, 0.717) is 12.5 Å². The van der Waals surface area contributed by atoms with E-state index in [4.69, 9.17) is 0 Å². The number of hydrogen-bond donors (Lipinski definition) is 1. The van der Waals surface area contributed by atoms with Gasteiger partial charge in [0.1, 0.15) is 0 Å². The molecule has 1 N–H and O–H groups in total. The summed E-state index contributed by atoms with van der Waals surface area (Å²) in [5.41, 5.74) is 2.57. The first kappa shape index (κ1) is 16.7. The third-order valence-corrected chi connectivity index (χ3v) is 3.71. The molecule has 0 spiro atoms. The molecule has 2 aromatic rings. The number of rotatable bonds is 8. The number of hydrogen-bond acceptors (Lipinski definition) is 2. The second-order valence-corrected chi connectivity index (χ2v) is 6.42. The highest BCUT2D eigenvalue weighted by molar-refractivity contribution is 5.17. The van der Waals surface area contributed by atoms with Crippen LogP contribution in [0.1, 0.15) is 31.4 Å². The van der Waals surface area contributed by atoms with Crippen molar-refractivity contribution in [3.63, 3.8) is 0 Å². The Morgan fingerprint density at radius 3 is 1.68 bits per heavy atom. The minimum absolute atomic E-state index is 0.271. The molecule has 0 fully saturated rings. The Balaban J connectivity index is 2.03. The highest BCUT2D eigenvalue weighted by atomic mass is 16.3. The van der Waals surface area contributed by atoms with Gasteiger partial charge >= 0.3 is 0 Å². The van der Waals surface area contributed by atoms with Gasteiger partial charge in [0, 0.05) is 19.6 Å². The molecule has 2 rings (SSSR count). The van der Waals surface area contributed by atoms with Crippen LogP contribution < -0.4 is 0 Å². The lowest BCUT2D eigenvalue weighted by Gasteiger charge is -2.26. The number of nitrogens with zero attached hydrogens (tertiary/aromatic N) is 1. The minimum atomic E-state index is -0.271. The average molecular weight is 297 g/mol. The smallest absolute Gasteiger partial charge is 0.0669 e. The van der Waals surface area contributed by atoms with E-state index < -0.39 is 0 Å². The van der Waals surface area contributed by atoms with Crippen LogP contribution in [0, 0.1) is 5.92 Å². The fraction of sp³-hybridized carbons (Fsp3) is 0.400. The van der Waals surface area contributed by atoms with Crippen LogP contribution in [0.25, 0.3) is 0 Å². The maximum Gasteiger partial charge on any atom is 0.0669 e. The largest absolute Gasteiger partial charge is 0.392 e. The predicted octanol–water partition coefficient (Wildman–Crippen LogP) is 4.10. The van der Waals surface area contributed by atoms with Gasteiger partial charge in [0.15, 0.2) is 0 Å². The fourth-order valence-corrected chi connectivity index (χ4v) is 2.78. The van der Waals surface area contributed by atoms with Crippen molar-refractivity contribution >= 4 is 0 Å². The van der Waals surface area contributed by atoms with Crippen molar-refractivity contribution in [3.05, 3.63) is 71.8 Å². The summed E-state index contributed by atoms with van der Waals surface area (Å²) in [5, 5.41) is 10.3. The molecule has 0 saturated carbocycles. The standard InChI is InChI=1S/C20H27NO/c1-17(2)13-20(22)16-21(14-18-9-5-3-6-10-18)15-19-11-7-4-8-12-19/h3-12,17,20,22H,13-16H2,1-2H3/t20-/m1/s1. The van der Waals surface area contributed by atoms with E-state index >= 15 is 0 Å². The Hall–Kier alpha value is -1.64. The van der Waals surface area contributed by atoms with Crippen molar-refractivity contribution < 1.29 is 5.11 Å². The van der Waals surface area contributed by atoms with Gasteiger partial charge in [-0.3, -0.25) is 4.90 Å². The van der Waals surface area contributed by atoms with Crippen LogP contribution in [0.15, 0.2) is 60.7 Å². The lowest BCUT2D eigenvalue weighted by atomic mass is 10.0. The van der Waals surface area contributed by atoms with Crippen LogP contribution in [-0.4, -0.2) is 22.7 Å². The second kappa shape index (κ2) is 8.72. The van der Waals surface area contributed by atoms with Gasteiger partial charge in [-0.2, -0.15) is 0 Å². The molecule has 1 atom stereocenters. The van der Waals surface area contributed by atoms with Crippen molar-refractivity contribution in [2.45, 2.75) is 39.5 Å². The molecule has 0 unspecified atom stereocenters. The average Bonchev–Trinajstić information content (AvgIpc) is 2.48. The summed E-state index contributed by atoms with van der Waals surface area (Å²) in [4.78, 5) is 2.33. The van der Waals surface area contributed by atoms with Crippen molar-refractivity contribution in [1.82, 2.24) is 4.90 Å². The third-order valence-electron chi connectivity index (χ3n) is 3.71. The third kappa shape index (κ3) is 6.00. The van der Waals surface area contributed by atoms with Gasteiger partial charge < -0.3 is 5.11 Å². The van der Waals surface area contributed by atoms with E-state index in [1.807, 2.05) is 12.1 Å². The fourth-order valence-electron chi connectivity index (χ4n) is 2.78. The molecule has 2 heteroatoms. The molecule has 0 aliphatic rings. The molecule has 118 valence electrons. The van der Waals surface area contributed by atoms with Crippen LogP contribution in [-0.2, 0) is 13.1 Å². The highest BCUT2D eigenvalue weighted by Crippen LogP contribution is 2.13. The quantitative estimate of drug-likeness (QED) is 0.793. The molecule has 0 aliphatic carbocycles. The molecule has 0 saturated heterocycles. The zero-order chi connectivity index (χ0) is 15.8. The van der Waals surface area contributed by atoms with Gasteiger partial charge in [-0.25, -0.2) is 0 Å². The molecule has 0 heterocycles. The Bertz CT molecular complexity index is 482. The van der Waals surface area contributed by atoms with E-state index in [1.165, 1.54) is 11.1 Å². The summed E-state index contributed by atoms with van der Waals surface area (Å²) in [5.74, 6) is 0.519. The number of aliphatic hydroxyl groups is 1. The summed E-state index contributed by atoms with van der Waals surface area (Å²) >= 11 is 0. The zero-order valence-electron chi connectivity index (χ0n) is 13.7. The lowest BCUT2D eigenvalue weighted by Crippen LogP contribution is -2.32. The first-order chi connectivity index (χ1) is 10.6. The Morgan fingerprint density at radius 2 is 1.27 bits per heavy atom. The summed E-state index contributed by atoms with van der Waals surface area (Å²) in [6.45, 7) is 6.75. The maximum absolute atomic E-state index is 10.3. The second-order valence-electron chi connectivity index (χ2n) is 6.42. The summed E-state index contributed by atoms with van der Waals surface area (Å²) in [6, 6.07) is 20.9. The van der Waals surface area contributed by atoms with Crippen molar-refractivity contribution in [2.24, 2.45) is 5.92 Å². The van der Waals surface area contributed by atoms with Gasteiger partial charge in [0.05, 0.1) is 6.10 Å². The maximum atomic E-state index is 10.3. The van der Waals surface area contributed by atoms with E-state index in [0.717, 1.165) is 19.5 Å². The van der Waals surface area contributed by atoms with Gasteiger partial charge in [0.2, 0.25) is 0 Å². The molecule has 2 aromatic carbocycles. The van der Waals surface area contributed by atoms with Crippen LogP contribution in [0.2, 0.25) is 0 Å². The van der Waals surface area contributed by atoms with Crippen LogP contribution in [0.5, 0.6) is 0 Å². The zero-order valence-corrected chi connectivity index (χ0v) is 13.7. The number of benzene rings is 2. The molecule has 0 aliphatic heterocycles. The van der Waals surface area contributed by atoms with Crippen molar-refractivity contribution in [2.75, 3.05) is 6.54 Å². The molecule has 22 heavy (non-hydrogen) atoms. The summed E-state index contributed by atoms with van der Waals surface area (Å²) in [6.07, 6.45) is 0.576. The first-order valence-corrected chi connectivity index (χ1v) is 8.11. The Morgan fingerprint density at radius 1 is 0.818 bits per heavy atom. The lowest BCUT2D eigenvalue weighted by molar-refractivity contribution is 0.0878. The first-order valence-electron chi connectivity index (χ1n) is 8.11.